The maximum absolute atomic E-state index is 12.7. The first-order valence-corrected chi connectivity index (χ1v) is 9.62. The average Bonchev–Trinajstić information content (AvgIpc) is 3.27. The molecule has 0 saturated carbocycles. The summed E-state index contributed by atoms with van der Waals surface area (Å²) in [5, 5.41) is 6.91. The molecule has 0 fully saturated rings. The highest BCUT2D eigenvalue weighted by Gasteiger charge is 2.14. The molecule has 150 valence electrons. The molecule has 0 aliphatic heterocycles. The maximum Gasteiger partial charge on any atom is 0.264 e. The van der Waals surface area contributed by atoms with Crippen LogP contribution in [0.3, 0.4) is 0 Å². The van der Waals surface area contributed by atoms with Gasteiger partial charge in [-0.15, -0.1) is 0 Å². The number of hydrogen-bond acceptors (Lipinski definition) is 5. The minimum Gasteiger partial charge on any atom is -0.483 e. The number of nitrogens with one attached hydrogen (secondary N) is 1. The lowest BCUT2D eigenvalue weighted by atomic mass is 10.1. The Morgan fingerprint density at radius 3 is 2.50 bits per heavy atom. The lowest BCUT2D eigenvalue weighted by molar-refractivity contribution is 0.0945. The van der Waals surface area contributed by atoms with Gasteiger partial charge in [0.2, 0.25) is 5.82 Å². The van der Waals surface area contributed by atoms with Crippen LogP contribution in [-0.2, 0) is 13.2 Å². The Hall–Kier alpha value is -3.93. The number of rotatable bonds is 7. The summed E-state index contributed by atoms with van der Waals surface area (Å²) < 4.78 is 11.1. The number of aryl methyl sites for hydroxylation is 1. The third-order valence-corrected chi connectivity index (χ3v) is 4.56. The van der Waals surface area contributed by atoms with E-state index in [1.807, 2.05) is 67.6 Å². The van der Waals surface area contributed by atoms with Gasteiger partial charge in [0, 0.05) is 12.1 Å². The number of nitrogens with zero attached hydrogens (tertiary/aromatic N) is 2. The molecular weight excluding hydrogens is 378 g/mol. The normalized spacial score (nSPS) is 10.6. The highest BCUT2D eigenvalue weighted by Crippen LogP contribution is 2.20. The van der Waals surface area contributed by atoms with Crippen LogP contribution in [0.5, 0.6) is 5.75 Å². The predicted molar refractivity (Wildman–Crippen MR) is 113 cm³/mol. The van der Waals surface area contributed by atoms with Crippen molar-refractivity contribution in [3.05, 3.63) is 101 Å². The van der Waals surface area contributed by atoms with Gasteiger partial charge in [0.25, 0.3) is 11.8 Å². The zero-order chi connectivity index (χ0) is 20.8. The van der Waals surface area contributed by atoms with Crippen molar-refractivity contribution in [1.29, 1.82) is 0 Å². The molecule has 30 heavy (non-hydrogen) atoms. The van der Waals surface area contributed by atoms with Crippen molar-refractivity contribution < 1.29 is 14.1 Å². The minimum absolute atomic E-state index is 0.0715. The third-order valence-electron chi connectivity index (χ3n) is 4.56. The molecule has 1 N–H and O–H groups in total. The van der Waals surface area contributed by atoms with Crippen molar-refractivity contribution in [3.8, 4) is 17.1 Å². The van der Waals surface area contributed by atoms with Crippen molar-refractivity contribution >= 4 is 5.91 Å². The fraction of sp³-hybridized carbons (Fsp3) is 0.125. The average molecular weight is 399 g/mol. The fourth-order valence-corrected chi connectivity index (χ4v) is 2.92. The number of para-hydroxylation sites is 1. The molecule has 1 amide bonds. The van der Waals surface area contributed by atoms with Gasteiger partial charge in [-0.3, -0.25) is 4.79 Å². The van der Waals surface area contributed by atoms with Gasteiger partial charge in [-0.25, -0.2) is 0 Å². The van der Waals surface area contributed by atoms with Gasteiger partial charge >= 0.3 is 0 Å². The van der Waals surface area contributed by atoms with Crippen LogP contribution in [0.25, 0.3) is 11.4 Å². The summed E-state index contributed by atoms with van der Waals surface area (Å²) >= 11 is 0. The van der Waals surface area contributed by atoms with Gasteiger partial charge in [0.05, 0.1) is 5.56 Å². The van der Waals surface area contributed by atoms with E-state index in [1.165, 1.54) is 5.56 Å². The molecule has 0 spiro atoms. The van der Waals surface area contributed by atoms with Crippen molar-refractivity contribution in [1.82, 2.24) is 15.5 Å². The molecule has 6 heteroatoms. The Bertz CT molecular complexity index is 1120. The molecule has 0 saturated heterocycles. The summed E-state index contributed by atoms with van der Waals surface area (Å²) in [5.74, 6) is 1.09. The summed E-state index contributed by atoms with van der Waals surface area (Å²) in [6.07, 6.45) is 0. The van der Waals surface area contributed by atoms with Crippen LogP contribution >= 0.6 is 0 Å². The van der Waals surface area contributed by atoms with E-state index < -0.39 is 0 Å². The number of carbonyl (C=O) groups excluding carboxylic acids is 1. The predicted octanol–water partition coefficient (Wildman–Crippen LogP) is 4.55. The van der Waals surface area contributed by atoms with Crippen molar-refractivity contribution in [2.75, 3.05) is 0 Å². The highest BCUT2D eigenvalue weighted by atomic mass is 16.5. The van der Waals surface area contributed by atoms with E-state index >= 15 is 0 Å². The van der Waals surface area contributed by atoms with Crippen LogP contribution in [0.4, 0.5) is 0 Å². The van der Waals surface area contributed by atoms with Gasteiger partial charge in [-0.2, -0.15) is 4.98 Å². The summed E-state index contributed by atoms with van der Waals surface area (Å²) in [5.41, 5.74) is 3.53. The van der Waals surface area contributed by atoms with E-state index in [-0.39, 0.29) is 12.5 Å². The third kappa shape index (κ3) is 4.72. The lowest BCUT2D eigenvalue weighted by Crippen LogP contribution is -2.23. The largest absolute Gasteiger partial charge is 0.483 e. The second-order valence-electron chi connectivity index (χ2n) is 6.83. The molecule has 0 unspecified atom stereocenters. The van der Waals surface area contributed by atoms with E-state index in [0.29, 0.717) is 29.6 Å². The first kappa shape index (κ1) is 19.4. The Morgan fingerprint density at radius 1 is 0.967 bits per heavy atom. The molecule has 4 rings (SSSR count). The Kier molecular flexibility index (Phi) is 5.85. The van der Waals surface area contributed by atoms with Crippen LogP contribution in [0, 0.1) is 6.92 Å². The topological polar surface area (TPSA) is 77.2 Å². The second kappa shape index (κ2) is 9.05. The van der Waals surface area contributed by atoms with Gasteiger partial charge < -0.3 is 14.6 Å². The Balaban J connectivity index is 1.40. The number of ether oxygens (including phenoxy) is 1. The number of amides is 1. The van der Waals surface area contributed by atoms with Crippen LogP contribution in [0.2, 0.25) is 0 Å². The molecule has 1 aromatic heterocycles. The second-order valence-corrected chi connectivity index (χ2v) is 6.83. The van der Waals surface area contributed by atoms with E-state index in [0.717, 1.165) is 11.1 Å². The minimum atomic E-state index is -0.207. The molecule has 0 bridgehead atoms. The first-order valence-electron chi connectivity index (χ1n) is 9.62. The van der Waals surface area contributed by atoms with E-state index in [4.69, 9.17) is 9.26 Å². The fourth-order valence-electron chi connectivity index (χ4n) is 2.92. The molecular formula is C24H21N3O3. The lowest BCUT2D eigenvalue weighted by Gasteiger charge is -2.10. The SMILES string of the molecule is Cc1ccc(CNC(=O)c2ccccc2OCc2nc(-c3ccccc3)no2)cc1. The van der Waals surface area contributed by atoms with Crippen LogP contribution in [-0.4, -0.2) is 16.0 Å². The molecule has 1 heterocycles. The summed E-state index contributed by atoms with van der Waals surface area (Å²) in [4.78, 5) is 17.0. The smallest absolute Gasteiger partial charge is 0.264 e. The number of aromatic nitrogens is 2. The quantitative estimate of drug-likeness (QED) is 0.493. The molecule has 0 radical (unpaired) electrons. The van der Waals surface area contributed by atoms with Crippen molar-refractivity contribution in [2.24, 2.45) is 0 Å². The maximum atomic E-state index is 12.7. The van der Waals surface area contributed by atoms with Gasteiger partial charge in [0.1, 0.15) is 5.75 Å². The zero-order valence-corrected chi connectivity index (χ0v) is 16.5. The van der Waals surface area contributed by atoms with E-state index in [2.05, 4.69) is 15.5 Å². The zero-order valence-electron chi connectivity index (χ0n) is 16.5. The van der Waals surface area contributed by atoms with E-state index in [9.17, 15) is 4.79 Å². The van der Waals surface area contributed by atoms with E-state index in [1.54, 1.807) is 18.2 Å². The number of benzene rings is 3. The Labute approximate surface area is 174 Å². The van der Waals surface area contributed by atoms with Crippen LogP contribution in [0.15, 0.2) is 83.4 Å². The van der Waals surface area contributed by atoms with Crippen LogP contribution < -0.4 is 10.1 Å². The van der Waals surface area contributed by atoms with Crippen molar-refractivity contribution in [2.45, 2.75) is 20.1 Å². The molecule has 3 aromatic carbocycles. The molecule has 0 atom stereocenters. The summed E-state index contributed by atoms with van der Waals surface area (Å²) in [6, 6.07) is 24.7. The monoisotopic (exact) mass is 399 g/mol. The number of carbonyl (C=O) groups is 1. The standard InChI is InChI=1S/C24H21N3O3/c1-17-11-13-18(14-12-17)15-25-24(28)20-9-5-6-10-21(20)29-16-22-26-23(27-30-22)19-7-3-2-4-8-19/h2-14H,15-16H2,1H3,(H,25,28). The van der Waals surface area contributed by atoms with Gasteiger partial charge in [-0.1, -0.05) is 77.5 Å². The van der Waals surface area contributed by atoms with Crippen molar-refractivity contribution in [3.63, 3.8) is 0 Å². The molecule has 0 aliphatic rings. The van der Waals surface area contributed by atoms with Crippen LogP contribution in [0.1, 0.15) is 27.4 Å². The molecule has 0 aliphatic carbocycles. The molecule has 6 nitrogen and oxygen atoms in total. The Morgan fingerprint density at radius 2 is 1.70 bits per heavy atom. The van der Waals surface area contributed by atoms with Gasteiger partial charge in [-0.05, 0) is 24.6 Å². The van der Waals surface area contributed by atoms with Gasteiger partial charge in [0.15, 0.2) is 6.61 Å². The summed E-state index contributed by atoms with van der Waals surface area (Å²) in [7, 11) is 0. The number of hydrogen-bond donors (Lipinski definition) is 1. The first-order chi connectivity index (χ1) is 14.7. The molecule has 4 aromatic rings. The summed E-state index contributed by atoms with van der Waals surface area (Å²) in [6.45, 7) is 2.54. The highest BCUT2D eigenvalue weighted by molar-refractivity contribution is 5.96.